The van der Waals surface area contributed by atoms with Crippen molar-refractivity contribution in [1.29, 1.82) is 0 Å². The monoisotopic (exact) mass is 229 g/mol. The van der Waals surface area contributed by atoms with Crippen molar-refractivity contribution in [1.82, 2.24) is 5.32 Å². The Balaban J connectivity index is 1.98. The van der Waals surface area contributed by atoms with Crippen LogP contribution in [0.3, 0.4) is 0 Å². The number of hydrogen-bond acceptors (Lipinski definition) is 2. The molecule has 1 aliphatic carbocycles. The van der Waals surface area contributed by atoms with Crippen LogP contribution in [0.5, 0.6) is 0 Å². The van der Waals surface area contributed by atoms with E-state index in [0.29, 0.717) is 0 Å². The van der Waals surface area contributed by atoms with Crippen molar-refractivity contribution in [2.45, 2.75) is 58.4 Å². The summed E-state index contributed by atoms with van der Waals surface area (Å²) < 4.78 is 0. The predicted molar refractivity (Wildman–Crippen MR) is 71.7 cm³/mol. The zero-order chi connectivity index (χ0) is 10.9. The molecule has 0 aliphatic heterocycles. The Morgan fingerprint density at radius 1 is 1.27 bits per heavy atom. The summed E-state index contributed by atoms with van der Waals surface area (Å²) in [7, 11) is 0. The highest BCUT2D eigenvalue weighted by Crippen LogP contribution is 2.34. The van der Waals surface area contributed by atoms with Gasteiger partial charge in [0, 0.05) is 6.04 Å². The molecule has 1 rings (SSSR count). The summed E-state index contributed by atoms with van der Waals surface area (Å²) in [6.07, 6.45) is 8.47. The van der Waals surface area contributed by atoms with Crippen LogP contribution in [-0.2, 0) is 0 Å². The Morgan fingerprint density at radius 3 is 2.67 bits per heavy atom. The summed E-state index contributed by atoms with van der Waals surface area (Å²) in [6, 6.07) is 0.844. The number of nitrogens with one attached hydrogen (secondary N) is 1. The fourth-order valence-corrected chi connectivity index (χ4v) is 2.74. The molecule has 0 amide bonds. The third-order valence-corrected chi connectivity index (χ3v) is 4.09. The van der Waals surface area contributed by atoms with E-state index in [1.807, 2.05) is 0 Å². The zero-order valence-corrected chi connectivity index (χ0v) is 11.2. The first-order valence-electron chi connectivity index (χ1n) is 6.69. The molecule has 0 bridgehead atoms. The van der Waals surface area contributed by atoms with Gasteiger partial charge in [-0.3, -0.25) is 0 Å². The molecule has 2 heteroatoms. The lowest BCUT2D eigenvalue weighted by Gasteiger charge is -2.17. The molecule has 0 aromatic heterocycles. The minimum atomic E-state index is 0.844. The molecule has 0 radical (unpaired) electrons. The van der Waals surface area contributed by atoms with Crippen LogP contribution in [0.15, 0.2) is 0 Å². The Hall–Kier alpha value is 0.310. The van der Waals surface area contributed by atoms with Crippen molar-refractivity contribution in [2.24, 2.45) is 5.92 Å². The largest absolute Gasteiger partial charge is 0.314 e. The number of thioether (sulfide) groups is 1. The SMILES string of the molecule is CCCNC(CCCCSCC)C1CC1. The van der Waals surface area contributed by atoms with Crippen molar-refractivity contribution in [2.75, 3.05) is 18.1 Å². The molecule has 0 heterocycles. The molecule has 15 heavy (non-hydrogen) atoms. The standard InChI is InChI=1S/C13H27NS/c1-3-10-14-13(12-8-9-12)7-5-6-11-15-4-2/h12-14H,3-11H2,1-2H3. The van der Waals surface area contributed by atoms with Crippen LogP contribution in [0, 0.1) is 5.92 Å². The average molecular weight is 229 g/mol. The maximum Gasteiger partial charge on any atom is 0.00953 e. The molecule has 1 N–H and O–H groups in total. The normalized spacial score (nSPS) is 18.0. The van der Waals surface area contributed by atoms with E-state index in [9.17, 15) is 0 Å². The van der Waals surface area contributed by atoms with E-state index in [-0.39, 0.29) is 0 Å². The van der Waals surface area contributed by atoms with Crippen molar-refractivity contribution < 1.29 is 0 Å². The van der Waals surface area contributed by atoms with Crippen LogP contribution in [-0.4, -0.2) is 24.1 Å². The summed E-state index contributed by atoms with van der Waals surface area (Å²) in [4.78, 5) is 0. The van der Waals surface area contributed by atoms with E-state index in [1.54, 1.807) is 0 Å². The molecule has 1 saturated carbocycles. The van der Waals surface area contributed by atoms with Crippen molar-refractivity contribution in [3.8, 4) is 0 Å². The first-order chi connectivity index (χ1) is 7.38. The van der Waals surface area contributed by atoms with E-state index < -0.39 is 0 Å². The van der Waals surface area contributed by atoms with E-state index in [0.717, 1.165) is 12.0 Å². The molecule has 1 unspecified atom stereocenters. The molecule has 1 fully saturated rings. The van der Waals surface area contributed by atoms with Gasteiger partial charge in [0.2, 0.25) is 0 Å². The lowest BCUT2D eigenvalue weighted by atomic mass is 10.1. The Labute approximate surface area is 99.8 Å². The van der Waals surface area contributed by atoms with Gasteiger partial charge in [-0.15, -0.1) is 0 Å². The van der Waals surface area contributed by atoms with E-state index >= 15 is 0 Å². The van der Waals surface area contributed by atoms with Gasteiger partial charge in [-0.1, -0.05) is 20.3 Å². The van der Waals surface area contributed by atoms with Gasteiger partial charge in [0.15, 0.2) is 0 Å². The third kappa shape index (κ3) is 6.47. The van der Waals surface area contributed by atoms with Crippen molar-refractivity contribution in [3.63, 3.8) is 0 Å². The number of unbranched alkanes of at least 4 members (excludes halogenated alkanes) is 1. The maximum atomic E-state index is 3.72. The fourth-order valence-electron chi connectivity index (χ4n) is 2.05. The molecule has 0 saturated heterocycles. The van der Waals surface area contributed by atoms with Gasteiger partial charge >= 0.3 is 0 Å². The number of rotatable bonds is 10. The minimum absolute atomic E-state index is 0.844. The molecule has 1 atom stereocenters. The molecule has 1 nitrogen and oxygen atoms in total. The minimum Gasteiger partial charge on any atom is -0.314 e. The van der Waals surface area contributed by atoms with Gasteiger partial charge < -0.3 is 5.32 Å². The first kappa shape index (κ1) is 13.4. The summed E-state index contributed by atoms with van der Waals surface area (Å²) in [6.45, 7) is 5.72. The zero-order valence-electron chi connectivity index (χ0n) is 10.4. The van der Waals surface area contributed by atoms with Crippen LogP contribution < -0.4 is 5.32 Å². The van der Waals surface area contributed by atoms with Crippen LogP contribution in [0.4, 0.5) is 0 Å². The second kappa shape index (κ2) is 8.46. The summed E-state index contributed by atoms with van der Waals surface area (Å²) in [5.74, 6) is 3.66. The van der Waals surface area contributed by atoms with E-state index in [2.05, 4.69) is 30.9 Å². The van der Waals surface area contributed by atoms with Gasteiger partial charge in [-0.2, -0.15) is 11.8 Å². The molecule has 0 aromatic rings. The molecular weight excluding hydrogens is 202 g/mol. The van der Waals surface area contributed by atoms with Crippen LogP contribution in [0.2, 0.25) is 0 Å². The van der Waals surface area contributed by atoms with Crippen molar-refractivity contribution in [3.05, 3.63) is 0 Å². The lowest BCUT2D eigenvalue weighted by Crippen LogP contribution is -2.31. The first-order valence-corrected chi connectivity index (χ1v) is 7.85. The fraction of sp³-hybridized carbons (Fsp3) is 1.00. The summed E-state index contributed by atoms with van der Waals surface area (Å²) in [5, 5.41) is 3.72. The predicted octanol–water partition coefficient (Wildman–Crippen LogP) is 3.69. The third-order valence-electron chi connectivity index (χ3n) is 3.11. The van der Waals surface area contributed by atoms with Gasteiger partial charge in [-0.05, 0) is 56.1 Å². The highest BCUT2D eigenvalue weighted by atomic mass is 32.2. The van der Waals surface area contributed by atoms with Crippen LogP contribution in [0.1, 0.15) is 52.4 Å². The lowest BCUT2D eigenvalue weighted by molar-refractivity contribution is 0.423. The Morgan fingerprint density at radius 2 is 2.07 bits per heavy atom. The molecule has 1 aliphatic rings. The molecule has 90 valence electrons. The van der Waals surface area contributed by atoms with Gasteiger partial charge in [-0.25, -0.2) is 0 Å². The highest BCUT2D eigenvalue weighted by Gasteiger charge is 2.29. The van der Waals surface area contributed by atoms with E-state index in [4.69, 9.17) is 0 Å². The Bertz CT molecular complexity index is 145. The second-order valence-electron chi connectivity index (χ2n) is 4.59. The van der Waals surface area contributed by atoms with Crippen LogP contribution in [0.25, 0.3) is 0 Å². The van der Waals surface area contributed by atoms with Gasteiger partial charge in [0.25, 0.3) is 0 Å². The smallest absolute Gasteiger partial charge is 0.00953 e. The average Bonchev–Trinajstić information content (AvgIpc) is 3.06. The van der Waals surface area contributed by atoms with E-state index in [1.165, 1.54) is 56.6 Å². The highest BCUT2D eigenvalue weighted by molar-refractivity contribution is 7.99. The van der Waals surface area contributed by atoms with Crippen molar-refractivity contribution >= 4 is 11.8 Å². The molecule has 0 spiro atoms. The topological polar surface area (TPSA) is 12.0 Å². The quantitative estimate of drug-likeness (QED) is 0.573. The summed E-state index contributed by atoms with van der Waals surface area (Å²) >= 11 is 2.08. The Kier molecular flexibility index (Phi) is 7.54. The summed E-state index contributed by atoms with van der Waals surface area (Å²) in [5.41, 5.74) is 0. The van der Waals surface area contributed by atoms with Crippen LogP contribution >= 0.6 is 11.8 Å². The second-order valence-corrected chi connectivity index (χ2v) is 5.98. The van der Waals surface area contributed by atoms with Gasteiger partial charge in [0.1, 0.15) is 0 Å². The molecule has 0 aromatic carbocycles. The maximum absolute atomic E-state index is 3.72. The molecular formula is C13H27NS. The van der Waals surface area contributed by atoms with Gasteiger partial charge in [0.05, 0.1) is 0 Å². The number of hydrogen-bond donors (Lipinski definition) is 1.